The van der Waals surface area contributed by atoms with E-state index in [1.807, 2.05) is 0 Å². The minimum atomic E-state index is -5.01. The summed E-state index contributed by atoms with van der Waals surface area (Å²) in [6.45, 7) is 0. The topological polar surface area (TPSA) is 49.7 Å². The summed E-state index contributed by atoms with van der Waals surface area (Å²) in [5.74, 6) is -3.22. The second-order valence-electron chi connectivity index (χ2n) is 4.53. The Kier molecular flexibility index (Phi) is 4.11. The first-order chi connectivity index (χ1) is 9.79. The molecule has 0 aliphatic heterocycles. The van der Waals surface area contributed by atoms with Gasteiger partial charge in [0.1, 0.15) is 5.82 Å². The summed E-state index contributed by atoms with van der Waals surface area (Å²) in [6, 6.07) is 4.78. The summed E-state index contributed by atoms with van der Waals surface area (Å²) < 4.78 is 50.6. The van der Waals surface area contributed by atoms with Gasteiger partial charge in [-0.1, -0.05) is 0 Å². The van der Waals surface area contributed by atoms with Crippen molar-refractivity contribution >= 4 is 17.2 Å². The number of carbonyl (C=O) groups excluding carboxylic acids is 1. The Bertz CT molecular complexity index is 615. The van der Waals surface area contributed by atoms with Gasteiger partial charge in [0.25, 0.3) is 0 Å². The van der Waals surface area contributed by atoms with Crippen LogP contribution >= 0.6 is 0 Å². The number of carbonyl (C=O) groups is 1. The molecule has 0 aromatic heterocycles. The third-order valence-electron chi connectivity index (χ3n) is 2.98. The quantitative estimate of drug-likeness (QED) is 0.484. The fourth-order valence-corrected chi connectivity index (χ4v) is 2.02. The Hall–Kier alpha value is -2.18. The number of rotatable bonds is 1. The van der Waals surface area contributed by atoms with Crippen LogP contribution in [-0.4, -0.2) is 22.8 Å². The number of aliphatic imine (C=N–C) groups is 1. The number of hydrogen-bond acceptors (Lipinski definition) is 3. The molecule has 3 nitrogen and oxygen atoms in total. The van der Waals surface area contributed by atoms with Crippen molar-refractivity contribution in [2.24, 2.45) is 4.99 Å². The number of alkyl halides is 3. The Morgan fingerprint density at radius 2 is 1.76 bits per heavy atom. The molecular weight excluding hydrogens is 290 g/mol. The SMILES string of the molecule is O=C1CCCC(=Nc2ccc(F)cc2)/C1=C(\O)C(F)(F)F. The monoisotopic (exact) mass is 301 g/mol. The first-order valence-electron chi connectivity index (χ1n) is 6.16. The third kappa shape index (κ3) is 3.48. The molecule has 1 aliphatic carbocycles. The highest BCUT2D eigenvalue weighted by atomic mass is 19.4. The van der Waals surface area contributed by atoms with E-state index in [0.717, 1.165) is 12.1 Å². The average Bonchev–Trinajstić information content (AvgIpc) is 2.40. The predicted octanol–water partition coefficient (Wildman–Crippen LogP) is 4.03. The summed E-state index contributed by atoms with van der Waals surface area (Å²) in [4.78, 5) is 15.6. The molecule has 21 heavy (non-hydrogen) atoms. The molecule has 0 heterocycles. The van der Waals surface area contributed by atoms with Gasteiger partial charge in [0.15, 0.2) is 5.78 Å². The number of Topliss-reactive ketones (excluding diaryl/α,β-unsaturated/α-hetero) is 1. The van der Waals surface area contributed by atoms with Gasteiger partial charge in [0.2, 0.25) is 5.76 Å². The number of aliphatic hydroxyl groups is 1. The maximum atomic E-state index is 12.8. The Labute approximate surface area is 117 Å². The van der Waals surface area contributed by atoms with E-state index >= 15 is 0 Å². The van der Waals surface area contributed by atoms with Crippen LogP contribution in [0.25, 0.3) is 0 Å². The van der Waals surface area contributed by atoms with Crippen LogP contribution in [0.15, 0.2) is 40.6 Å². The molecule has 0 radical (unpaired) electrons. The maximum Gasteiger partial charge on any atom is 0.449 e. The number of hydrogen-bond donors (Lipinski definition) is 1. The molecule has 0 saturated heterocycles. The lowest BCUT2D eigenvalue weighted by Crippen LogP contribution is -2.26. The Morgan fingerprint density at radius 3 is 2.33 bits per heavy atom. The lowest BCUT2D eigenvalue weighted by atomic mass is 9.90. The summed E-state index contributed by atoms with van der Waals surface area (Å²) in [5, 5.41) is 9.27. The fourth-order valence-electron chi connectivity index (χ4n) is 2.02. The van der Waals surface area contributed by atoms with E-state index in [0.29, 0.717) is 6.42 Å². The third-order valence-corrected chi connectivity index (χ3v) is 2.98. The molecule has 0 amide bonds. The Balaban J connectivity index is 2.49. The van der Waals surface area contributed by atoms with E-state index in [2.05, 4.69) is 4.99 Å². The van der Waals surface area contributed by atoms with Crippen LogP contribution in [-0.2, 0) is 4.79 Å². The number of halogens is 4. The van der Waals surface area contributed by atoms with Gasteiger partial charge in [-0.2, -0.15) is 13.2 Å². The van der Waals surface area contributed by atoms with Gasteiger partial charge < -0.3 is 5.11 Å². The first kappa shape index (κ1) is 15.2. The van der Waals surface area contributed by atoms with Crippen LogP contribution in [0.4, 0.5) is 23.2 Å². The number of nitrogens with zero attached hydrogens (tertiary/aromatic N) is 1. The van der Waals surface area contributed by atoms with Gasteiger partial charge in [0.05, 0.1) is 17.0 Å². The number of ketones is 1. The molecule has 0 bridgehead atoms. The van der Waals surface area contributed by atoms with Gasteiger partial charge in [-0.3, -0.25) is 9.79 Å². The molecule has 1 N–H and O–H groups in total. The van der Waals surface area contributed by atoms with Crippen molar-refractivity contribution in [1.29, 1.82) is 0 Å². The molecule has 0 unspecified atom stereocenters. The van der Waals surface area contributed by atoms with Gasteiger partial charge >= 0.3 is 6.18 Å². The van der Waals surface area contributed by atoms with Crippen LogP contribution in [0.5, 0.6) is 0 Å². The fraction of sp³-hybridized carbons (Fsp3) is 0.286. The molecule has 112 valence electrons. The summed E-state index contributed by atoms with van der Waals surface area (Å²) in [6.07, 6.45) is -4.59. The van der Waals surface area contributed by atoms with Crippen molar-refractivity contribution in [3.63, 3.8) is 0 Å². The molecule has 1 saturated carbocycles. The van der Waals surface area contributed by atoms with E-state index in [1.54, 1.807) is 0 Å². The van der Waals surface area contributed by atoms with Crippen molar-refractivity contribution in [2.45, 2.75) is 25.4 Å². The van der Waals surface area contributed by atoms with Gasteiger partial charge in [-0.05, 0) is 37.1 Å². The standard InChI is InChI=1S/C14H11F4NO2/c15-8-4-6-9(7-5-8)19-10-2-1-3-11(20)12(10)13(21)14(16,17)18/h4-7,21H,1-3H2/b13-12+,19-10?. The minimum absolute atomic E-state index is 0.0715. The molecule has 1 aromatic carbocycles. The summed E-state index contributed by atoms with van der Waals surface area (Å²) in [7, 11) is 0. The second kappa shape index (κ2) is 5.67. The van der Waals surface area contributed by atoms with Crippen LogP contribution in [0, 0.1) is 5.82 Å². The van der Waals surface area contributed by atoms with E-state index in [1.165, 1.54) is 12.1 Å². The van der Waals surface area contributed by atoms with Gasteiger partial charge in [-0.25, -0.2) is 4.39 Å². The largest absolute Gasteiger partial charge is 0.504 e. The molecule has 7 heteroatoms. The zero-order valence-corrected chi connectivity index (χ0v) is 10.7. The zero-order chi connectivity index (χ0) is 15.6. The first-order valence-corrected chi connectivity index (χ1v) is 6.16. The number of benzene rings is 1. The molecule has 1 aromatic rings. The van der Waals surface area contributed by atoms with Crippen molar-refractivity contribution < 1.29 is 27.5 Å². The predicted molar refractivity (Wildman–Crippen MR) is 68.1 cm³/mol. The van der Waals surface area contributed by atoms with E-state index in [4.69, 9.17) is 0 Å². The molecule has 0 spiro atoms. The number of allylic oxidation sites excluding steroid dienone is 2. The minimum Gasteiger partial charge on any atom is -0.504 e. The highest BCUT2D eigenvalue weighted by Gasteiger charge is 2.40. The van der Waals surface area contributed by atoms with Gasteiger partial charge in [0, 0.05) is 6.42 Å². The highest BCUT2D eigenvalue weighted by molar-refractivity contribution is 6.24. The summed E-state index contributed by atoms with van der Waals surface area (Å²) >= 11 is 0. The second-order valence-corrected chi connectivity index (χ2v) is 4.53. The smallest absolute Gasteiger partial charge is 0.449 e. The molecule has 0 atom stereocenters. The van der Waals surface area contributed by atoms with Crippen molar-refractivity contribution in [1.82, 2.24) is 0 Å². The summed E-state index contributed by atoms with van der Waals surface area (Å²) in [5.41, 5.74) is -0.709. The number of aliphatic hydroxyl groups excluding tert-OH is 1. The normalized spacial score (nSPS) is 20.8. The average molecular weight is 301 g/mol. The highest BCUT2D eigenvalue weighted by Crippen LogP contribution is 2.31. The lowest BCUT2D eigenvalue weighted by Gasteiger charge is -2.18. The maximum absolute atomic E-state index is 12.8. The van der Waals surface area contributed by atoms with Crippen LogP contribution < -0.4 is 0 Å². The van der Waals surface area contributed by atoms with Crippen molar-refractivity contribution in [3.8, 4) is 0 Å². The molecular formula is C14H11F4NO2. The zero-order valence-electron chi connectivity index (χ0n) is 10.7. The van der Waals surface area contributed by atoms with Crippen LogP contribution in [0.1, 0.15) is 19.3 Å². The van der Waals surface area contributed by atoms with Crippen LogP contribution in [0.2, 0.25) is 0 Å². The molecule has 1 fully saturated rings. The molecule has 2 rings (SSSR count). The van der Waals surface area contributed by atoms with E-state index < -0.39 is 29.1 Å². The van der Waals surface area contributed by atoms with E-state index in [9.17, 15) is 27.5 Å². The lowest BCUT2D eigenvalue weighted by molar-refractivity contribution is -0.126. The van der Waals surface area contributed by atoms with Crippen LogP contribution in [0.3, 0.4) is 0 Å². The Morgan fingerprint density at radius 1 is 1.14 bits per heavy atom. The molecule has 1 aliphatic rings. The van der Waals surface area contributed by atoms with Crippen molar-refractivity contribution in [2.75, 3.05) is 0 Å². The van der Waals surface area contributed by atoms with Gasteiger partial charge in [-0.15, -0.1) is 0 Å². The van der Waals surface area contributed by atoms with Crippen molar-refractivity contribution in [3.05, 3.63) is 41.4 Å². The van der Waals surface area contributed by atoms with E-state index in [-0.39, 0.29) is 24.2 Å².